The van der Waals surface area contributed by atoms with E-state index in [4.69, 9.17) is 4.74 Å². The Bertz CT molecular complexity index is 3150. The molecule has 0 saturated carbocycles. The Balaban J connectivity index is 0.00000363. The van der Waals surface area contributed by atoms with Crippen LogP contribution in [-0.4, -0.2) is 73.9 Å². The number of carbonyl (C=O) groups is 1. The van der Waals surface area contributed by atoms with Gasteiger partial charge in [0, 0.05) is 17.5 Å². The van der Waals surface area contributed by atoms with Crippen LogP contribution in [0, 0.1) is 10.1 Å². The Hall–Kier alpha value is -4.49. The van der Waals surface area contributed by atoms with E-state index in [1.807, 2.05) is 0 Å². The molecule has 0 spiro atoms. The summed E-state index contributed by atoms with van der Waals surface area (Å²) in [5.41, 5.74) is 2.01. The van der Waals surface area contributed by atoms with Crippen molar-refractivity contribution in [2.45, 2.75) is 14.7 Å². The number of nitrogens with zero attached hydrogens (tertiary/aromatic N) is 6. The van der Waals surface area contributed by atoms with Crippen LogP contribution >= 0.6 is 0 Å². The van der Waals surface area contributed by atoms with Gasteiger partial charge in [-0.3, -0.25) is 34.9 Å². The molecule has 314 valence electrons. The standard InChI is InChI=1S/C35H26N8O15S3.3Na/c1-58-23-9-6-21(7-10-23)38-42-33-34(45)28(40-37-20-4-2-19(3-5-20)36-26-11-8-22(43(47)48)14-31(26)61(55,56)57)17-29(35(33)46)41-39-27-15-24(59(49,50)51)12-18-13-25(60(52,53)54)16-30(44)32(18)27;;;/h2-17,38,40,44,46H,1H3,(H,49,50,51)(H,52,53,54)(H,55,56,57);;;/q;3*+1/p-3. The van der Waals surface area contributed by atoms with Gasteiger partial charge in [-0.15, -0.1) is 5.11 Å². The van der Waals surface area contributed by atoms with Crippen molar-refractivity contribution in [3.63, 3.8) is 0 Å². The number of hydrazone groups is 2. The molecule has 0 radical (unpaired) electrons. The fourth-order valence-corrected chi connectivity index (χ4v) is 7.03. The molecule has 6 rings (SSSR count). The van der Waals surface area contributed by atoms with E-state index < -0.39 is 107 Å². The molecule has 29 heteroatoms. The minimum absolute atomic E-state index is 0. The van der Waals surface area contributed by atoms with Gasteiger partial charge >= 0.3 is 88.7 Å². The second-order valence-electron chi connectivity index (χ2n) is 12.2. The molecule has 23 nitrogen and oxygen atoms in total. The van der Waals surface area contributed by atoms with Gasteiger partial charge in [0.05, 0.1) is 60.9 Å². The Morgan fingerprint density at radius 1 is 0.734 bits per heavy atom. The number of hydrogen-bond donors (Lipinski definition) is 4. The zero-order valence-electron chi connectivity index (χ0n) is 33.3. The number of methoxy groups -OCH3 is 1. The number of rotatable bonds is 12. The first-order valence-corrected chi connectivity index (χ1v) is 20.8. The van der Waals surface area contributed by atoms with Crippen molar-refractivity contribution in [1.29, 1.82) is 0 Å². The molecule has 0 saturated heterocycles. The molecule has 4 aromatic carbocycles. The second-order valence-corrected chi connectivity index (χ2v) is 16.4. The number of nitro benzene ring substituents is 1. The van der Waals surface area contributed by atoms with Crippen molar-refractivity contribution < 1.29 is 152 Å². The summed E-state index contributed by atoms with van der Waals surface area (Å²) in [5.74, 6) is -2.77. The summed E-state index contributed by atoms with van der Waals surface area (Å²) >= 11 is 0. The van der Waals surface area contributed by atoms with Crippen molar-refractivity contribution >= 4 is 86.8 Å². The van der Waals surface area contributed by atoms with Gasteiger partial charge in [-0.1, -0.05) is 5.75 Å². The topological polar surface area (TPSA) is 367 Å². The summed E-state index contributed by atoms with van der Waals surface area (Å²) in [4.78, 5) is 25.2. The van der Waals surface area contributed by atoms with E-state index in [9.17, 15) is 64.0 Å². The number of aliphatic imine (C=N–C) groups is 1. The summed E-state index contributed by atoms with van der Waals surface area (Å²) in [6.07, 6.45) is 6.17. The normalized spacial score (nSPS) is 14.7. The fraction of sp³-hybridized carbons (Fsp3) is 0.0286. The molecule has 0 fully saturated rings. The van der Waals surface area contributed by atoms with E-state index in [0.29, 0.717) is 29.6 Å². The van der Waals surface area contributed by atoms with Gasteiger partial charge in [0.25, 0.3) is 25.9 Å². The van der Waals surface area contributed by atoms with Crippen molar-refractivity contribution in [2.75, 3.05) is 12.5 Å². The molecule has 0 atom stereocenters. The van der Waals surface area contributed by atoms with Crippen LogP contribution in [-0.2, 0) is 35.1 Å². The molecule has 0 aromatic heterocycles. The average molecular weight is 961 g/mol. The van der Waals surface area contributed by atoms with Crippen LogP contribution < -0.4 is 114 Å². The monoisotopic (exact) mass is 960 g/mol. The summed E-state index contributed by atoms with van der Waals surface area (Å²) in [7, 11) is -13.7. The van der Waals surface area contributed by atoms with Gasteiger partial charge in [-0.25, -0.2) is 13.4 Å². The number of carbonyl (C=O) groups excluding carboxylic acids is 1. The van der Waals surface area contributed by atoms with Gasteiger partial charge in [-0.05, 0) is 96.1 Å². The Labute approximate surface area is 428 Å². The minimum atomic E-state index is -5.18. The van der Waals surface area contributed by atoms with E-state index in [1.165, 1.54) is 43.5 Å². The number of fused-ring (bicyclic) bond motifs is 1. The summed E-state index contributed by atoms with van der Waals surface area (Å²) in [6, 6.07) is 11.3. The maximum atomic E-state index is 13.6. The SMILES string of the molecule is COc1ccc(NN=C2C(=O)C(NN=C3C=CC(=Nc4ccc([N+](=O)[O-])cc4S(=O)(=O)[O-])C=C3)=CC(N=Nc3cc(S(=O)(=O)O)cc4cc(S(=O)(=O)O)cc([O-])c34)=C2[O-])cc1.[Na+].[Na+].[Na+]. The molecular weight excluding hydrogens is 938 g/mol. The van der Waals surface area contributed by atoms with Crippen LogP contribution in [0.15, 0.2) is 154 Å². The number of anilines is 1. The zero-order valence-corrected chi connectivity index (χ0v) is 41.8. The molecular formula is C35H23N8Na3O15S3. The van der Waals surface area contributed by atoms with Crippen molar-refractivity contribution in [3.05, 3.63) is 124 Å². The van der Waals surface area contributed by atoms with Crippen molar-refractivity contribution in [2.24, 2.45) is 25.4 Å². The summed E-state index contributed by atoms with van der Waals surface area (Å²) < 4.78 is 107. The minimum Gasteiger partial charge on any atom is -0.872 e. The predicted molar refractivity (Wildman–Crippen MR) is 209 cm³/mol. The number of benzene rings is 4. The number of Topliss-reactive ketones (excluding diaryl/α,β-unsaturated/α-hetero) is 1. The maximum absolute atomic E-state index is 13.6. The first-order chi connectivity index (χ1) is 28.6. The summed E-state index contributed by atoms with van der Waals surface area (Å²) in [5, 5.41) is 52.6. The number of allylic oxidation sites excluding steroid dienone is 7. The summed E-state index contributed by atoms with van der Waals surface area (Å²) in [6.45, 7) is 0. The van der Waals surface area contributed by atoms with Crippen LogP contribution in [0.2, 0.25) is 0 Å². The number of azo groups is 1. The van der Waals surface area contributed by atoms with Crippen LogP contribution in [0.5, 0.6) is 11.5 Å². The van der Waals surface area contributed by atoms with Gasteiger partial charge in [0.1, 0.15) is 27.3 Å². The number of nitro groups is 1. The third-order valence-corrected chi connectivity index (χ3v) is 10.7. The number of non-ortho nitro benzene ring substituents is 1. The largest absolute Gasteiger partial charge is 1.00 e. The molecule has 0 amide bonds. The fourth-order valence-electron chi connectivity index (χ4n) is 5.32. The van der Waals surface area contributed by atoms with Gasteiger partial charge in [0.2, 0.25) is 5.78 Å². The van der Waals surface area contributed by atoms with E-state index >= 15 is 0 Å². The number of nitrogens with one attached hydrogen (secondary N) is 2. The number of ether oxygens (including phenoxy) is 1. The van der Waals surface area contributed by atoms with Crippen LogP contribution in [0.25, 0.3) is 10.8 Å². The third-order valence-electron chi connectivity index (χ3n) is 8.20. The molecule has 4 aromatic rings. The van der Waals surface area contributed by atoms with E-state index in [2.05, 4.69) is 36.3 Å². The van der Waals surface area contributed by atoms with E-state index in [1.54, 1.807) is 12.1 Å². The molecule has 0 unspecified atom stereocenters. The van der Waals surface area contributed by atoms with Gasteiger partial charge < -0.3 is 19.5 Å². The maximum Gasteiger partial charge on any atom is 1.00 e. The quantitative estimate of drug-likeness (QED) is 0.0195. The smallest absolute Gasteiger partial charge is 0.872 e. The van der Waals surface area contributed by atoms with Crippen molar-refractivity contribution in [3.8, 4) is 11.5 Å². The molecule has 0 bridgehead atoms. The predicted octanol–water partition coefficient (Wildman–Crippen LogP) is -6.33. The molecule has 4 N–H and O–H groups in total. The average Bonchev–Trinajstić information content (AvgIpc) is 3.19. The molecule has 0 aliphatic heterocycles. The van der Waals surface area contributed by atoms with Crippen molar-refractivity contribution in [1.82, 2.24) is 5.43 Å². The molecule has 64 heavy (non-hydrogen) atoms. The first-order valence-electron chi connectivity index (χ1n) is 16.5. The Morgan fingerprint density at radius 3 is 1.89 bits per heavy atom. The zero-order chi connectivity index (χ0) is 44.4. The third kappa shape index (κ3) is 12.9. The molecule has 2 aliphatic carbocycles. The van der Waals surface area contributed by atoms with E-state index in [-0.39, 0.29) is 106 Å². The number of hydrogen-bond acceptors (Lipinski definition) is 20. The number of ketones is 1. The second kappa shape index (κ2) is 21.7. The van der Waals surface area contributed by atoms with Gasteiger partial charge in [0.15, 0.2) is 0 Å². The van der Waals surface area contributed by atoms with E-state index in [0.717, 1.165) is 30.3 Å². The Morgan fingerprint density at radius 2 is 1.33 bits per heavy atom. The van der Waals surface area contributed by atoms with Crippen LogP contribution in [0.4, 0.5) is 22.7 Å². The molecule has 0 heterocycles. The Kier molecular flexibility index (Phi) is 18.2. The molecule has 2 aliphatic rings. The van der Waals surface area contributed by atoms with Crippen LogP contribution in [0.3, 0.4) is 0 Å². The van der Waals surface area contributed by atoms with Crippen LogP contribution in [0.1, 0.15) is 0 Å². The van der Waals surface area contributed by atoms with Gasteiger partial charge in [-0.2, -0.15) is 32.2 Å². The first kappa shape index (κ1) is 53.8.